The van der Waals surface area contributed by atoms with Gasteiger partial charge in [0.15, 0.2) is 0 Å². The molecule has 0 aliphatic carbocycles. The zero-order valence-electron chi connectivity index (χ0n) is 22.6. The second-order valence-corrected chi connectivity index (χ2v) is 11.3. The van der Waals surface area contributed by atoms with Gasteiger partial charge >= 0.3 is 0 Å². The molecule has 42 heavy (non-hydrogen) atoms. The van der Waals surface area contributed by atoms with Crippen LogP contribution in [0, 0.1) is 0 Å². The Morgan fingerprint density at radius 3 is 2.00 bits per heavy atom. The highest BCUT2D eigenvalue weighted by Gasteiger charge is 2.41. The van der Waals surface area contributed by atoms with Crippen molar-refractivity contribution in [3.8, 4) is 11.4 Å². The van der Waals surface area contributed by atoms with E-state index < -0.39 is 0 Å². The summed E-state index contributed by atoms with van der Waals surface area (Å²) in [6.45, 7) is 0.117. The Balaban J connectivity index is 1.39. The van der Waals surface area contributed by atoms with E-state index in [0.717, 1.165) is 16.9 Å². The number of imidazole rings is 1. The lowest BCUT2D eigenvalue weighted by Crippen LogP contribution is -2.60. The Hall–Kier alpha value is -5.55. The van der Waals surface area contributed by atoms with E-state index in [4.69, 9.17) is 4.98 Å². The normalized spacial score (nSPS) is 13.1. The summed E-state index contributed by atoms with van der Waals surface area (Å²) in [5, 5.41) is 2.52. The molecular formula is C37H23BN4. The molecule has 2 aromatic heterocycles. The molecule has 2 aliphatic heterocycles. The minimum Gasteiger partial charge on any atom is -0.311 e. The lowest BCUT2D eigenvalue weighted by molar-refractivity contribution is 1.08. The molecule has 4 nitrogen and oxygen atoms in total. The summed E-state index contributed by atoms with van der Waals surface area (Å²) in [5.74, 6) is 0. The third kappa shape index (κ3) is 2.75. The SMILES string of the molecule is c1ccc(N2c3ccccc3B3c4c2cc(-n2c5ccccc5c5ccccc52)cc4-n2cnc4cccc3c42)cc1. The van der Waals surface area contributed by atoms with Gasteiger partial charge in [0.25, 0.3) is 6.71 Å². The number of aromatic nitrogens is 3. The second-order valence-electron chi connectivity index (χ2n) is 11.3. The maximum absolute atomic E-state index is 4.88. The third-order valence-corrected chi connectivity index (χ3v) is 9.16. The molecule has 2 aliphatic rings. The molecule has 0 saturated carbocycles. The fourth-order valence-corrected chi connectivity index (χ4v) is 7.53. The highest BCUT2D eigenvalue weighted by molar-refractivity contribution is 7.00. The molecule has 0 radical (unpaired) electrons. The molecule has 8 aromatic rings. The van der Waals surface area contributed by atoms with Crippen LogP contribution < -0.4 is 21.3 Å². The average molecular weight is 534 g/mol. The van der Waals surface area contributed by atoms with E-state index in [9.17, 15) is 0 Å². The van der Waals surface area contributed by atoms with Gasteiger partial charge in [0.05, 0.1) is 27.8 Å². The van der Waals surface area contributed by atoms with Gasteiger partial charge in [-0.15, -0.1) is 0 Å². The molecule has 194 valence electrons. The van der Waals surface area contributed by atoms with Gasteiger partial charge < -0.3 is 9.47 Å². The van der Waals surface area contributed by atoms with Crippen molar-refractivity contribution in [2.45, 2.75) is 0 Å². The highest BCUT2D eigenvalue weighted by atomic mass is 15.2. The van der Waals surface area contributed by atoms with Gasteiger partial charge in [-0.2, -0.15) is 0 Å². The number of para-hydroxylation sites is 5. The molecule has 5 heteroatoms. The maximum atomic E-state index is 4.88. The molecule has 0 N–H and O–H groups in total. The van der Waals surface area contributed by atoms with Crippen LogP contribution in [0.2, 0.25) is 0 Å². The molecule has 0 atom stereocenters. The Kier molecular flexibility index (Phi) is 4.23. The van der Waals surface area contributed by atoms with Gasteiger partial charge in [0, 0.05) is 33.5 Å². The van der Waals surface area contributed by atoms with Crippen molar-refractivity contribution in [2.24, 2.45) is 0 Å². The van der Waals surface area contributed by atoms with Gasteiger partial charge in [-0.3, -0.25) is 4.57 Å². The molecule has 0 bridgehead atoms. The zero-order chi connectivity index (χ0) is 27.4. The van der Waals surface area contributed by atoms with Crippen LogP contribution in [0.4, 0.5) is 17.1 Å². The maximum Gasteiger partial charge on any atom is 0.252 e. The number of anilines is 3. The molecule has 6 aromatic carbocycles. The average Bonchev–Trinajstić information content (AvgIpc) is 3.63. The van der Waals surface area contributed by atoms with E-state index in [0.29, 0.717) is 0 Å². The van der Waals surface area contributed by atoms with Crippen LogP contribution in [-0.4, -0.2) is 20.8 Å². The van der Waals surface area contributed by atoms with Crippen LogP contribution in [-0.2, 0) is 0 Å². The van der Waals surface area contributed by atoms with Crippen LogP contribution >= 0.6 is 0 Å². The van der Waals surface area contributed by atoms with Crippen molar-refractivity contribution in [1.82, 2.24) is 14.1 Å². The number of rotatable bonds is 2. The summed E-state index contributed by atoms with van der Waals surface area (Å²) in [7, 11) is 0. The first-order valence-electron chi connectivity index (χ1n) is 14.4. The predicted octanol–water partition coefficient (Wildman–Crippen LogP) is 6.74. The first-order chi connectivity index (χ1) is 20.9. The smallest absolute Gasteiger partial charge is 0.252 e. The minimum atomic E-state index is 0.117. The van der Waals surface area contributed by atoms with Crippen molar-refractivity contribution in [2.75, 3.05) is 4.90 Å². The van der Waals surface area contributed by atoms with Crippen molar-refractivity contribution in [3.63, 3.8) is 0 Å². The second kappa shape index (κ2) is 8.02. The van der Waals surface area contributed by atoms with Gasteiger partial charge in [0.1, 0.15) is 6.33 Å². The number of fused-ring (bicyclic) bond motifs is 7. The van der Waals surface area contributed by atoms with E-state index in [1.807, 2.05) is 6.33 Å². The van der Waals surface area contributed by atoms with Gasteiger partial charge in [-0.25, -0.2) is 4.98 Å². The molecule has 0 unspecified atom stereocenters. The number of benzene rings is 6. The molecule has 4 heterocycles. The first kappa shape index (κ1) is 22.2. The fourth-order valence-electron chi connectivity index (χ4n) is 7.53. The summed E-state index contributed by atoms with van der Waals surface area (Å²) in [4.78, 5) is 7.32. The van der Waals surface area contributed by atoms with Crippen LogP contribution in [0.3, 0.4) is 0 Å². The molecule has 0 saturated heterocycles. The third-order valence-electron chi connectivity index (χ3n) is 9.16. The molecular weight excluding hydrogens is 511 g/mol. The summed E-state index contributed by atoms with van der Waals surface area (Å²) < 4.78 is 4.74. The van der Waals surface area contributed by atoms with Crippen LogP contribution in [0.15, 0.2) is 140 Å². The fraction of sp³-hybridized carbons (Fsp3) is 0. The minimum absolute atomic E-state index is 0.117. The quantitative estimate of drug-likeness (QED) is 0.230. The Morgan fingerprint density at radius 2 is 1.19 bits per heavy atom. The lowest BCUT2D eigenvalue weighted by atomic mass is 9.34. The van der Waals surface area contributed by atoms with E-state index in [1.54, 1.807) is 0 Å². The van der Waals surface area contributed by atoms with E-state index in [2.05, 4.69) is 147 Å². The molecule has 0 fully saturated rings. The summed E-state index contributed by atoms with van der Waals surface area (Å²) in [6.07, 6.45) is 2.00. The van der Waals surface area contributed by atoms with Gasteiger partial charge in [-0.1, -0.05) is 84.9 Å². The number of hydrogen-bond donors (Lipinski definition) is 0. The number of hydrogen-bond acceptors (Lipinski definition) is 2. The van der Waals surface area contributed by atoms with Gasteiger partial charge in [0.2, 0.25) is 0 Å². The topological polar surface area (TPSA) is 26.0 Å². The first-order valence-corrected chi connectivity index (χ1v) is 14.4. The zero-order valence-corrected chi connectivity index (χ0v) is 22.6. The van der Waals surface area contributed by atoms with Gasteiger partial charge in [-0.05, 0) is 64.9 Å². The highest BCUT2D eigenvalue weighted by Crippen LogP contribution is 2.41. The Bertz CT molecular complexity index is 2330. The van der Waals surface area contributed by atoms with E-state index >= 15 is 0 Å². The summed E-state index contributed by atoms with van der Waals surface area (Å²) >= 11 is 0. The summed E-state index contributed by atoms with van der Waals surface area (Å²) in [5.41, 5.74) is 14.5. The molecule has 0 amide bonds. The van der Waals surface area contributed by atoms with Crippen molar-refractivity contribution < 1.29 is 0 Å². The van der Waals surface area contributed by atoms with Crippen LogP contribution in [0.5, 0.6) is 0 Å². The Labute approximate surface area is 242 Å². The van der Waals surface area contributed by atoms with Crippen molar-refractivity contribution >= 4 is 73.0 Å². The van der Waals surface area contributed by atoms with Crippen LogP contribution in [0.1, 0.15) is 0 Å². The predicted molar refractivity (Wildman–Crippen MR) is 175 cm³/mol. The number of nitrogens with zero attached hydrogens (tertiary/aromatic N) is 4. The van der Waals surface area contributed by atoms with Crippen molar-refractivity contribution in [1.29, 1.82) is 0 Å². The summed E-state index contributed by atoms with van der Waals surface area (Å²) in [6, 6.07) is 48.5. The monoisotopic (exact) mass is 534 g/mol. The largest absolute Gasteiger partial charge is 0.311 e. The van der Waals surface area contributed by atoms with E-state index in [1.165, 1.54) is 60.8 Å². The van der Waals surface area contributed by atoms with Crippen molar-refractivity contribution in [3.05, 3.63) is 140 Å². The standard InChI is InChI=1S/C37H23BN4/c1-2-11-24(12-3-1)41-33-20-9-6-15-28(33)38-29-16-10-17-30-37(29)40(23-39-30)34-21-25(22-35(41)36(34)38)42-31-18-7-4-13-26(31)27-14-5-8-19-32(27)42/h1-23H. The molecule has 0 spiro atoms. The van der Waals surface area contributed by atoms with Crippen LogP contribution in [0.25, 0.3) is 44.2 Å². The Morgan fingerprint density at radius 1 is 0.524 bits per heavy atom. The lowest BCUT2D eigenvalue weighted by Gasteiger charge is -2.40. The van der Waals surface area contributed by atoms with E-state index in [-0.39, 0.29) is 6.71 Å². The molecule has 10 rings (SSSR count).